The van der Waals surface area contributed by atoms with Crippen LogP contribution in [0.4, 0.5) is 0 Å². The number of ether oxygens (including phenoxy) is 1. The molecular formula is C13H14BrN3O2. The zero-order chi connectivity index (χ0) is 13.7. The minimum absolute atomic E-state index is 0.108. The minimum atomic E-state index is -0.108. The lowest BCUT2D eigenvalue weighted by atomic mass is 10.2. The van der Waals surface area contributed by atoms with Crippen LogP contribution in [0.2, 0.25) is 0 Å². The molecule has 0 saturated carbocycles. The number of imidazole rings is 1. The number of carbonyl (C=O) groups excluding carboxylic acids is 1. The molecule has 0 unspecified atom stereocenters. The van der Waals surface area contributed by atoms with E-state index in [0.717, 1.165) is 4.47 Å². The molecule has 1 heterocycles. The number of carbonyl (C=O) groups is 1. The van der Waals surface area contributed by atoms with Gasteiger partial charge in [-0.05, 0) is 34.1 Å². The fourth-order valence-corrected chi connectivity index (χ4v) is 2.17. The van der Waals surface area contributed by atoms with Crippen LogP contribution >= 0.6 is 15.9 Å². The number of halogens is 1. The molecule has 0 radical (unpaired) electrons. The van der Waals surface area contributed by atoms with Gasteiger partial charge in [-0.3, -0.25) is 4.79 Å². The number of nitrogens with zero attached hydrogens (tertiary/aromatic N) is 2. The summed E-state index contributed by atoms with van der Waals surface area (Å²) in [5, 5.41) is 2.85. The average Bonchev–Trinajstić information content (AvgIpc) is 2.91. The Bertz CT molecular complexity index is 555. The zero-order valence-corrected chi connectivity index (χ0v) is 12.1. The largest absolute Gasteiger partial charge is 0.496 e. The summed E-state index contributed by atoms with van der Waals surface area (Å²) in [6, 6.07) is 5.23. The van der Waals surface area contributed by atoms with Crippen LogP contribution < -0.4 is 10.1 Å². The summed E-state index contributed by atoms with van der Waals surface area (Å²) in [6.07, 6.45) is 5.29. The molecule has 6 heteroatoms. The van der Waals surface area contributed by atoms with Crippen molar-refractivity contribution >= 4 is 21.8 Å². The second-order valence-corrected chi connectivity index (χ2v) is 4.76. The highest BCUT2D eigenvalue weighted by molar-refractivity contribution is 9.10. The molecule has 0 aliphatic rings. The first-order valence-electron chi connectivity index (χ1n) is 5.78. The summed E-state index contributed by atoms with van der Waals surface area (Å²) in [5.41, 5.74) is 0.596. The fraction of sp³-hybridized carbons (Fsp3) is 0.231. The van der Waals surface area contributed by atoms with Crippen LogP contribution in [0.1, 0.15) is 10.4 Å². The van der Waals surface area contributed by atoms with E-state index in [9.17, 15) is 4.79 Å². The molecule has 0 bridgehead atoms. The van der Waals surface area contributed by atoms with E-state index in [1.54, 1.807) is 37.8 Å². The molecule has 1 amide bonds. The van der Waals surface area contributed by atoms with Gasteiger partial charge in [0.2, 0.25) is 0 Å². The first-order chi connectivity index (χ1) is 9.20. The molecule has 0 aliphatic heterocycles. The quantitative estimate of drug-likeness (QED) is 0.916. The minimum Gasteiger partial charge on any atom is -0.496 e. The first kappa shape index (κ1) is 13.6. The predicted octanol–water partition coefficient (Wildman–Crippen LogP) is 2.08. The predicted molar refractivity (Wildman–Crippen MR) is 75.3 cm³/mol. The Morgan fingerprint density at radius 2 is 2.37 bits per heavy atom. The van der Waals surface area contributed by atoms with E-state index in [4.69, 9.17) is 4.74 Å². The number of methoxy groups -OCH3 is 1. The van der Waals surface area contributed by atoms with Crippen molar-refractivity contribution in [1.82, 2.24) is 14.9 Å². The number of amides is 1. The van der Waals surface area contributed by atoms with Crippen molar-refractivity contribution in [2.75, 3.05) is 13.7 Å². The molecule has 1 aromatic carbocycles. The standard InChI is InChI=1S/C13H14BrN3O2/c1-19-12-3-2-10(8-11(12)14)13(18)16-5-7-17-6-4-15-9-17/h2-4,6,8-9H,5,7H2,1H3,(H,16,18). The maximum absolute atomic E-state index is 11.9. The van der Waals surface area contributed by atoms with E-state index in [-0.39, 0.29) is 5.91 Å². The van der Waals surface area contributed by atoms with E-state index < -0.39 is 0 Å². The average molecular weight is 324 g/mol. The van der Waals surface area contributed by atoms with Gasteiger partial charge in [0.25, 0.3) is 5.91 Å². The van der Waals surface area contributed by atoms with Crippen LogP contribution in [0.15, 0.2) is 41.4 Å². The molecule has 2 rings (SSSR count). The summed E-state index contributed by atoms with van der Waals surface area (Å²) < 4.78 is 7.79. The number of nitrogens with one attached hydrogen (secondary N) is 1. The molecule has 1 N–H and O–H groups in total. The van der Waals surface area contributed by atoms with Gasteiger partial charge in [0.1, 0.15) is 5.75 Å². The third-order valence-corrected chi connectivity index (χ3v) is 3.25. The number of benzene rings is 1. The van der Waals surface area contributed by atoms with E-state index in [2.05, 4.69) is 26.2 Å². The van der Waals surface area contributed by atoms with Gasteiger partial charge in [0.05, 0.1) is 17.9 Å². The van der Waals surface area contributed by atoms with Gasteiger partial charge in [-0.2, -0.15) is 0 Å². The lowest BCUT2D eigenvalue weighted by molar-refractivity contribution is 0.0952. The summed E-state index contributed by atoms with van der Waals surface area (Å²) in [4.78, 5) is 15.9. The van der Waals surface area contributed by atoms with Crippen LogP contribution in [0, 0.1) is 0 Å². The van der Waals surface area contributed by atoms with Crippen molar-refractivity contribution < 1.29 is 9.53 Å². The van der Waals surface area contributed by atoms with E-state index in [1.807, 2.05) is 10.8 Å². The number of aromatic nitrogens is 2. The molecule has 0 saturated heterocycles. The summed E-state index contributed by atoms with van der Waals surface area (Å²) in [7, 11) is 1.59. The molecule has 2 aromatic rings. The third-order valence-electron chi connectivity index (χ3n) is 2.63. The van der Waals surface area contributed by atoms with Crippen LogP contribution in [0.3, 0.4) is 0 Å². The van der Waals surface area contributed by atoms with E-state index in [1.165, 1.54) is 0 Å². The summed E-state index contributed by atoms with van der Waals surface area (Å²) in [5.74, 6) is 0.596. The molecular weight excluding hydrogens is 310 g/mol. The number of hydrogen-bond donors (Lipinski definition) is 1. The Morgan fingerprint density at radius 1 is 1.53 bits per heavy atom. The maximum Gasteiger partial charge on any atom is 0.251 e. The second-order valence-electron chi connectivity index (χ2n) is 3.91. The van der Waals surface area contributed by atoms with Crippen LogP contribution in [0.5, 0.6) is 5.75 Å². The Kier molecular flexibility index (Phi) is 4.57. The van der Waals surface area contributed by atoms with Crippen molar-refractivity contribution in [1.29, 1.82) is 0 Å². The lowest BCUT2D eigenvalue weighted by Gasteiger charge is -2.08. The first-order valence-corrected chi connectivity index (χ1v) is 6.57. The normalized spacial score (nSPS) is 10.2. The van der Waals surface area contributed by atoms with Crippen LogP contribution in [0.25, 0.3) is 0 Å². The lowest BCUT2D eigenvalue weighted by Crippen LogP contribution is -2.26. The van der Waals surface area contributed by atoms with Gasteiger partial charge in [-0.25, -0.2) is 4.98 Å². The SMILES string of the molecule is COc1ccc(C(=O)NCCn2ccnc2)cc1Br. The number of rotatable bonds is 5. The molecule has 100 valence electrons. The molecule has 0 atom stereocenters. The highest BCUT2D eigenvalue weighted by Gasteiger charge is 2.08. The second kappa shape index (κ2) is 6.38. The Morgan fingerprint density at radius 3 is 3.00 bits per heavy atom. The van der Waals surface area contributed by atoms with Crippen LogP contribution in [-0.4, -0.2) is 29.1 Å². The van der Waals surface area contributed by atoms with Gasteiger partial charge in [-0.15, -0.1) is 0 Å². The van der Waals surface area contributed by atoms with Crippen molar-refractivity contribution in [2.45, 2.75) is 6.54 Å². The highest BCUT2D eigenvalue weighted by Crippen LogP contribution is 2.25. The van der Waals surface area contributed by atoms with Gasteiger partial charge in [0.15, 0.2) is 0 Å². The van der Waals surface area contributed by atoms with Crippen molar-refractivity contribution in [2.24, 2.45) is 0 Å². The molecule has 5 nitrogen and oxygen atoms in total. The van der Waals surface area contributed by atoms with E-state index in [0.29, 0.717) is 24.4 Å². The Hall–Kier alpha value is -1.82. The maximum atomic E-state index is 11.9. The molecule has 19 heavy (non-hydrogen) atoms. The monoisotopic (exact) mass is 323 g/mol. The third kappa shape index (κ3) is 3.57. The molecule has 1 aromatic heterocycles. The van der Waals surface area contributed by atoms with Gasteiger partial charge in [0, 0.05) is 31.0 Å². The van der Waals surface area contributed by atoms with Crippen LogP contribution in [-0.2, 0) is 6.54 Å². The topological polar surface area (TPSA) is 56.1 Å². The Labute approximate surface area is 119 Å². The smallest absolute Gasteiger partial charge is 0.251 e. The summed E-state index contributed by atoms with van der Waals surface area (Å²) in [6.45, 7) is 1.25. The molecule has 0 spiro atoms. The summed E-state index contributed by atoms with van der Waals surface area (Å²) >= 11 is 3.36. The fourth-order valence-electron chi connectivity index (χ4n) is 1.63. The highest BCUT2D eigenvalue weighted by atomic mass is 79.9. The zero-order valence-electron chi connectivity index (χ0n) is 10.5. The number of hydrogen-bond acceptors (Lipinski definition) is 3. The van der Waals surface area contributed by atoms with Gasteiger partial charge in [-0.1, -0.05) is 0 Å². The molecule has 0 fully saturated rings. The van der Waals surface area contributed by atoms with Crippen molar-refractivity contribution in [3.63, 3.8) is 0 Å². The van der Waals surface area contributed by atoms with Crippen molar-refractivity contribution in [3.8, 4) is 5.75 Å². The molecule has 0 aliphatic carbocycles. The van der Waals surface area contributed by atoms with Crippen molar-refractivity contribution in [3.05, 3.63) is 47.0 Å². The van der Waals surface area contributed by atoms with Gasteiger partial charge < -0.3 is 14.6 Å². The Balaban J connectivity index is 1.91. The van der Waals surface area contributed by atoms with Gasteiger partial charge >= 0.3 is 0 Å². The van der Waals surface area contributed by atoms with E-state index >= 15 is 0 Å².